The van der Waals surface area contributed by atoms with Gasteiger partial charge in [0.25, 0.3) is 0 Å². The summed E-state index contributed by atoms with van der Waals surface area (Å²) in [7, 11) is 0. The average Bonchev–Trinajstić information content (AvgIpc) is 2.76. The molecule has 1 saturated heterocycles. The number of amides is 2. The summed E-state index contributed by atoms with van der Waals surface area (Å²) in [6.07, 6.45) is 1.75. The number of benzene rings is 1. The van der Waals surface area contributed by atoms with E-state index < -0.39 is 5.41 Å². The van der Waals surface area contributed by atoms with Crippen LogP contribution in [0.1, 0.15) is 45.6 Å². The zero-order valence-corrected chi connectivity index (χ0v) is 13.1. The fourth-order valence-electron chi connectivity index (χ4n) is 2.93. The van der Waals surface area contributed by atoms with E-state index in [2.05, 4.69) is 5.32 Å². The van der Waals surface area contributed by atoms with Gasteiger partial charge in [0.2, 0.25) is 11.8 Å². The molecule has 114 valence electrons. The first kappa shape index (κ1) is 15.7. The van der Waals surface area contributed by atoms with Gasteiger partial charge in [-0.25, -0.2) is 0 Å². The van der Waals surface area contributed by atoms with Crippen molar-refractivity contribution in [1.29, 1.82) is 0 Å². The Hall–Kier alpha value is -1.68. The summed E-state index contributed by atoms with van der Waals surface area (Å²) in [6.45, 7) is 7.65. The molecule has 0 atom stereocenters. The molecule has 1 aromatic carbocycles. The molecule has 0 saturated carbocycles. The van der Waals surface area contributed by atoms with Gasteiger partial charge >= 0.3 is 0 Å². The first-order valence-electron chi connectivity index (χ1n) is 7.75. The number of hydrogen-bond acceptors (Lipinski definition) is 3. The zero-order valence-electron chi connectivity index (χ0n) is 13.1. The van der Waals surface area contributed by atoms with Crippen LogP contribution in [0.5, 0.6) is 0 Å². The standard InChI is InChI=1S/C17H24N2O2/c1-4-17(5-2)11-15(20)19(16(17)21)14-9-7-8-13(10-14)12-18-6-3/h7-10,18H,4-6,11-12H2,1-3H3. The summed E-state index contributed by atoms with van der Waals surface area (Å²) in [5, 5.41) is 3.25. The second-order valence-electron chi connectivity index (χ2n) is 5.65. The molecule has 2 rings (SSSR count). The third-order valence-corrected chi connectivity index (χ3v) is 4.50. The molecule has 1 fully saturated rings. The van der Waals surface area contributed by atoms with E-state index in [1.54, 1.807) is 0 Å². The maximum Gasteiger partial charge on any atom is 0.240 e. The van der Waals surface area contributed by atoms with Crippen LogP contribution in [0.3, 0.4) is 0 Å². The minimum atomic E-state index is -0.505. The minimum absolute atomic E-state index is 0.0434. The van der Waals surface area contributed by atoms with Crippen molar-refractivity contribution in [1.82, 2.24) is 5.32 Å². The first-order chi connectivity index (χ1) is 10.1. The zero-order chi connectivity index (χ0) is 15.5. The van der Waals surface area contributed by atoms with Crippen LogP contribution >= 0.6 is 0 Å². The number of carbonyl (C=O) groups is 2. The molecule has 1 N–H and O–H groups in total. The van der Waals surface area contributed by atoms with Crippen LogP contribution in [-0.2, 0) is 16.1 Å². The topological polar surface area (TPSA) is 49.4 Å². The predicted molar refractivity (Wildman–Crippen MR) is 83.9 cm³/mol. The van der Waals surface area contributed by atoms with Crippen molar-refractivity contribution >= 4 is 17.5 Å². The Morgan fingerprint density at radius 1 is 1.19 bits per heavy atom. The molecule has 4 heteroatoms. The molecule has 0 aliphatic carbocycles. The largest absolute Gasteiger partial charge is 0.313 e. The molecule has 0 aromatic heterocycles. The van der Waals surface area contributed by atoms with Crippen LogP contribution in [0.4, 0.5) is 5.69 Å². The number of hydrogen-bond donors (Lipinski definition) is 1. The van der Waals surface area contributed by atoms with Crippen molar-refractivity contribution in [3.63, 3.8) is 0 Å². The van der Waals surface area contributed by atoms with Gasteiger partial charge in [0.1, 0.15) is 0 Å². The SMILES string of the molecule is CCNCc1cccc(N2C(=O)CC(CC)(CC)C2=O)c1. The Labute approximate surface area is 126 Å². The van der Waals surface area contributed by atoms with Gasteiger partial charge in [0.05, 0.1) is 11.1 Å². The van der Waals surface area contributed by atoms with E-state index in [-0.39, 0.29) is 11.8 Å². The highest BCUT2D eigenvalue weighted by atomic mass is 16.2. The van der Waals surface area contributed by atoms with Crippen LogP contribution in [0.2, 0.25) is 0 Å². The average molecular weight is 288 g/mol. The monoisotopic (exact) mass is 288 g/mol. The van der Waals surface area contributed by atoms with E-state index in [4.69, 9.17) is 0 Å². The summed E-state index contributed by atoms with van der Waals surface area (Å²) >= 11 is 0. The lowest BCUT2D eigenvalue weighted by molar-refractivity contribution is -0.126. The molecule has 0 radical (unpaired) electrons. The fraction of sp³-hybridized carbons (Fsp3) is 0.529. The highest BCUT2D eigenvalue weighted by molar-refractivity contribution is 6.22. The van der Waals surface area contributed by atoms with Crippen LogP contribution < -0.4 is 10.2 Å². The lowest BCUT2D eigenvalue weighted by Gasteiger charge is -2.23. The number of imide groups is 1. The predicted octanol–water partition coefficient (Wildman–Crippen LogP) is 2.87. The molecular weight excluding hydrogens is 264 g/mol. The molecular formula is C17H24N2O2. The maximum atomic E-state index is 12.7. The molecule has 1 aromatic rings. The molecule has 4 nitrogen and oxygen atoms in total. The first-order valence-corrected chi connectivity index (χ1v) is 7.75. The van der Waals surface area contributed by atoms with E-state index in [9.17, 15) is 9.59 Å². The number of carbonyl (C=O) groups excluding carboxylic acids is 2. The van der Waals surface area contributed by atoms with E-state index in [0.717, 1.165) is 18.7 Å². The second-order valence-corrected chi connectivity index (χ2v) is 5.65. The summed E-state index contributed by atoms with van der Waals surface area (Å²) < 4.78 is 0. The van der Waals surface area contributed by atoms with Gasteiger partial charge in [-0.2, -0.15) is 0 Å². The number of nitrogens with zero attached hydrogens (tertiary/aromatic N) is 1. The van der Waals surface area contributed by atoms with Crippen molar-refractivity contribution in [3.8, 4) is 0 Å². The van der Waals surface area contributed by atoms with Crippen molar-refractivity contribution in [2.24, 2.45) is 5.41 Å². The number of rotatable bonds is 6. The smallest absolute Gasteiger partial charge is 0.240 e. The molecule has 2 amide bonds. The van der Waals surface area contributed by atoms with Crippen LogP contribution in [-0.4, -0.2) is 18.4 Å². The number of anilines is 1. The Morgan fingerprint density at radius 2 is 1.90 bits per heavy atom. The van der Waals surface area contributed by atoms with Crippen molar-refractivity contribution < 1.29 is 9.59 Å². The van der Waals surface area contributed by atoms with Crippen LogP contribution in [0, 0.1) is 5.41 Å². The van der Waals surface area contributed by atoms with Gasteiger partial charge in [-0.05, 0) is 37.1 Å². The molecule has 0 unspecified atom stereocenters. The lowest BCUT2D eigenvalue weighted by atomic mass is 9.81. The summed E-state index contributed by atoms with van der Waals surface area (Å²) in [5.41, 5.74) is 1.28. The quantitative estimate of drug-likeness (QED) is 0.819. The molecule has 0 spiro atoms. The maximum absolute atomic E-state index is 12.7. The Kier molecular flexibility index (Phi) is 4.78. The third kappa shape index (κ3) is 2.86. The van der Waals surface area contributed by atoms with Gasteiger partial charge < -0.3 is 5.32 Å². The van der Waals surface area contributed by atoms with Gasteiger partial charge in [-0.15, -0.1) is 0 Å². The highest BCUT2D eigenvalue weighted by Crippen LogP contribution is 2.41. The molecule has 21 heavy (non-hydrogen) atoms. The van der Waals surface area contributed by atoms with E-state index in [1.165, 1.54) is 4.90 Å². The van der Waals surface area contributed by atoms with Crippen LogP contribution in [0.15, 0.2) is 24.3 Å². The van der Waals surface area contributed by atoms with E-state index in [1.807, 2.05) is 45.0 Å². The Balaban J connectivity index is 2.29. The van der Waals surface area contributed by atoms with E-state index in [0.29, 0.717) is 24.9 Å². The van der Waals surface area contributed by atoms with Crippen molar-refractivity contribution in [2.45, 2.75) is 46.6 Å². The van der Waals surface area contributed by atoms with Crippen molar-refractivity contribution in [2.75, 3.05) is 11.4 Å². The molecule has 1 aliphatic heterocycles. The fourth-order valence-corrected chi connectivity index (χ4v) is 2.93. The number of nitrogens with one attached hydrogen (secondary N) is 1. The summed E-state index contributed by atoms with van der Waals surface area (Å²) in [4.78, 5) is 26.4. The van der Waals surface area contributed by atoms with Gasteiger partial charge in [0, 0.05) is 13.0 Å². The van der Waals surface area contributed by atoms with Gasteiger partial charge in [-0.3, -0.25) is 14.5 Å². The lowest BCUT2D eigenvalue weighted by Crippen LogP contribution is -2.35. The van der Waals surface area contributed by atoms with E-state index >= 15 is 0 Å². The Morgan fingerprint density at radius 3 is 2.48 bits per heavy atom. The minimum Gasteiger partial charge on any atom is -0.313 e. The van der Waals surface area contributed by atoms with Crippen molar-refractivity contribution in [3.05, 3.63) is 29.8 Å². The summed E-state index contributed by atoms with van der Waals surface area (Å²) in [6, 6.07) is 7.68. The molecule has 0 bridgehead atoms. The second kappa shape index (κ2) is 6.39. The normalized spacial score (nSPS) is 17.6. The summed E-state index contributed by atoms with van der Waals surface area (Å²) in [5.74, 6) is -0.123. The van der Waals surface area contributed by atoms with Gasteiger partial charge in [0.15, 0.2) is 0 Å². The van der Waals surface area contributed by atoms with Gasteiger partial charge in [-0.1, -0.05) is 32.9 Å². The molecule has 1 heterocycles. The molecule has 1 aliphatic rings. The Bertz CT molecular complexity index is 535. The van der Waals surface area contributed by atoms with Crippen LogP contribution in [0.25, 0.3) is 0 Å². The third-order valence-electron chi connectivity index (χ3n) is 4.50. The highest BCUT2D eigenvalue weighted by Gasteiger charge is 2.49.